The monoisotopic (exact) mass is 336 g/mol. The van der Waals surface area contributed by atoms with E-state index in [1.165, 1.54) is 16.7 Å². The Morgan fingerprint density at radius 2 is 1.76 bits per heavy atom. The zero-order valence-corrected chi connectivity index (χ0v) is 15.0. The fourth-order valence-corrected chi connectivity index (χ4v) is 3.77. The molecular formula is C22H28N2O. The summed E-state index contributed by atoms with van der Waals surface area (Å²) in [7, 11) is 0. The number of benzene rings is 2. The first-order valence-electron chi connectivity index (χ1n) is 9.29. The maximum Gasteiger partial charge on any atom is 0.225 e. The van der Waals surface area contributed by atoms with Crippen molar-refractivity contribution in [2.45, 2.75) is 38.6 Å². The fourth-order valence-electron chi connectivity index (χ4n) is 3.77. The molecule has 1 amide bonds. The van der Waals surface area contributed by atoms with E-state index in [1.54, 1.807) is 0 Å². The van der Waals surface area contributed by atoms with Gasteiger partial charge in [0.25, 0.3) is 0 Å². The minimum Gasteiger partial charge on any atom is -0.342 e. The van der Waals surface area contributed by atoms with E-state index in [2.05, 4.69) is 41.3 Å². The van der Waals surface area contributed by atoms with Crippen molar-refractivity contribution in [2.75, 3.05) is 13.1 Å². The van der Waals surface area contributed by atoms with Gasteiger partial charge in [0.05, 0.1) is 0 Å². The summed E-state index contributed by atoms with van der Waals surface area (Å²) in [6, 6.07) is 18.9. The van der Waals surface area contributed by atoms with Gasteiger partial charge in [-0.2, -0.15) is 0 Å². The first-order valence-corrected chi connectivity index (χ1v) is 9.29. The van der Waals surface area contributed by atoms with E-state index in [0.717, 1.165) is 32.4 Å². The Morgan fingerprint density at radius 3 is 2.44 bits per heavy atom. The maximum atomic E-state index is 12.8. The van der Waals surface area contributed by atoms with Crippen molar-refractivity contribution in [1.82, 2.24) is 4.90 Å². The molecule has 0 spiro atoms. The van der Waals surface area contributed by atoms with Crippen molar-refractivity contribution in [3.05, 3.63) is 71.3 Å². The van der Waals surface area contributed by atoms with E-state index in [4.69, 9.17) is 5.73 Å². The summed E-state index contributed by atoms with van der Waals surface area (Å²) in [5.41, 5.74) is 9.54. The van der Waals surface area contributed by atoms with Crippen LogP contribution in [0, 0.1) is 5.92 Å². The molecule has 2 N–H and O–H groups in total. The SMILES string of the molecule is CC(Cc1ccccc1)C(=O)N1CCC(c2cccc(CN)c2)CC1. The van der Waals surface area contributed by atoms with Crippen LogP contribution in [0.15, 0.2) is 54.6 Å². The normalized spacial score (nSPS) is 16.6. The predicted octanol–water partition coefficient (Wildman–Crippen LogP) is 3.73. The molecule has 1 aliphatic rings. The number of likely N-dealkylation sites (tertiary alicyclic amines) is 1. The first-order chi connectivity index (χ1) is 12.2. The minimum atomic E-state index is 0.0412. The molecule has 0 bridgehead atoms. The molecule has 0 aliphatic carbocycles. The lowest BCUT2D eigenvalue weighted by Gasteiger charge is -2.34. The van der Waals surface area contributed by atoms with Crippen LogP contribution in [0.5, 0.6) is 0 Å². The quantitative estimate of drug-likeness (QED) is 0.904. The van der Waals surface area contributed by atoms with Crippen LogP contribution in [-0.4, -0.2) is 23.9 Å². The average molecular weight is 336 g/mol. The van der Waals surface area contributed by atoms with Crippen LogP contribution >= 0.6 is 0 Å². The van der Waals surface area contributed by atoms with Crippen LogP contribution in [0.2, 0.25) is 0 Å². The number of rotatable bonds is 5. The van der Waals surface area contributed by atoms with E-state index in [1.807, 2.05) is 25.1 Å². The van der Waals surface area contributed by atoms with E-state index in [9.17, 15) is 4.79 Å². The molecule has 1 heterocycles. The summed E-state index contributed by atoms with van der Waals surface area (Å²) in [5.74, 6) is 0.873. The topological polar surface area (TPSA) is 46.3 Å². The van der Waals surface area contributed by atoms with Crippen molar-refractivity contribution in [1.29, 1.82) is 0 Å². The molecule has 1 unspecified atom stereocenters. The van der Waals surface area contributed by atoms with Gasteiger partial charge in [-0.25, -0.2) is 0 Å². The Morgan fingerprint density at radius 1 is 1.08 bits per heavy atom. The number of carbonyl (C=O) groups excluding carboxylic acids is 1. The Kier molecular flexibility index (Phi) is 5.87. The highest BCUT2D eigenvalue weighted by Gasteiger charge is 2.26. The van der Waals surface area contributed by atoms with Crippen LogP contribution in [0.3, 0.4) is 0 Å². The number of carbonyl (C=O) groups is 1. The molecule has 1 saturated heterocycles. The van der Waals surface area contributed by atoms with E-state index in [-0.39, 0.29) is 11.8 Å². The number of nitrogens with two attached hydrogens (primary N) is 1. The highest BCUT2D eigenvalue weighted by Crippen LogP contribution is 2.29. The summed E-state index contributed by atoms with van der Waals surface area (Å²) >= 11 is 0. The smallest absolute Gasteiger partial charge is 0.225 e. The molecule has 132 valence electrons. The molecule has 1 fully saturated rings. The van der Waals surface area contributed by atoms with Crippen molar-refractivity contribution in [2.24, 2.45) is 11.7 Å². The summed E-state index contributed by atoms with van der Waals surface area (Å²) < 4.78 is 0. The summed E-state index contributed by atoms with van der Waals surface area (Å²) in [6.45, 7) is 4.35. The lowest BCUT2D eigenvalue weighted by Crippen LogP contribution is -2.41. The zero-order chi connectivity index (χ0) is 17.6. The molecule has 2 aromatic carbocycles. The molecule has 2 aromatic rings. The zero-order valence-electron chi connectivity index (χ0n) is 15.0. The van der Waals surface area contributed by atoms with Crippen LogP contribution in [0.4, 0.5) is 0 Å². The van der Waals surface area contributed by atoms with Gasteiger partial charge in [0.1, 0.15) is 0 Å². The van der Waals surface area contributed by atoms with Crippen molar-refractivity contribution in [3.8, 4) is 0 Å². The summed E-state index contributed by atoms with van der Waals surface area (Å²) in [4.78, 5) is 14.8. The second-order valence-electron chi connectivity index (χ2n) is 7.14. The van der Waals surface area contributed by atoms with Crippen LogP contribution in [0.1, 0.15) is 42.4 Å². The fraction of sp³-hybridized carbons (Fsp3) is 0.409. The molecule has 0 aromatic heterocycles. The Balaban J connectivity index is 1.55. The lowest BCUT2D eigenvalue weighted by atomic mass is 9.88. The largest absolute Gasteiger partial charge is 0.342 e. The van der Waals surface area contributed by atoms with E-state index >= 15 is 0 Å². The van der Waals surface area contributed by atoms with Crippen LogP contribution < -0.4 is 5.73 Å². The molecule has 0 radical (unpaired) electrons. The van der Waals surface area contributed by atoms with Gasteiger partial charge in [0.2, 0.25) is 5.91 Å². The molecule has 1 atom stereocenters. The molecule has 25 heavy (non-hydrogen) atoms. The molecule has 0 saturated carbocycles. The second-order valence-corrected chi connectivity index (χ2v) is 7.14. The van der Waals surface area contributed by atoms with Gasteiger partial charge in [-0.15, -0.1) is 0 Å². The van der Waals surface area contributed by atoms with Gasteiger partial charge in [-0.05, 0) is 41.9 Å². The van der Waals surface area contributed by atoms with Crippen LogP contribution in [0.25, 0.3) is 0 Å². The number of amides is 1. The number of hydrogen-bond acceptors (Lipinski definition) is 2. The van der Waals surface area contributed by atoms with E-state index in [0.29, 0.717) is 12.5 Å². The van der Waals surface area contributed by atoms with Gasteiger partial charge in [-0.1, -0.05) is 61.5 Å². The molecule has 3 rings (SSSR count). The number of hydrogen-bond donors (Lipinski definition) is 1. The van der Waals surface area contributed by atoms with Crippen molar-refractivity contribution < 1.29 is 4.79 Å². The third kappa shape index (κ3) is 4.49. The van der Waals surface area contributed by atoms with Gasteiger partial charge < -0.3 is 10.6 Å². The van der Waals surface area contributed by atoms with Gasteiger partial charge in [0, 0.05) is 25.6 Å². The maximum absolute atomic E-state index is 12.8. The van der Waals surface area contributed by atoms with Crippen molar-refractivity contribution in [3.63, 3.8) is 0 Å². The lowest BCUT2D eigenvalue weighted by molar-refractivity contribution is -0.136. The van der Waals surface area contributed by atoms with Crippen molar-refractivity contribution >= 4 is 5.91 Å². The van der Waals surface area contributed by atoms with E-state index < -0.39 is 0 Å². The molecular weight excluding hydrogens is 308 g/mol. The molecule has 1 aliphatic heterocycles. The minimum absolute atomic E-state index is 0.0412. The number of piperidine rings is 1. The Hall–Kier alpha value is -2.13. The third-order valence-electron chi connectivity index (χ3n) is 5.27. The standard InChI is InChI=1S/C22H28N2O/c1-17(14-18-6-3-2-4-7-18)22(25)24-12-10-20(11-13-24)21-9-5-8-19(15-21)16-23/h2-9,15,17,20H,10-14,16,23H2,1H3. The third-order valence-corrected chi connectivity index (χ3v) is 5.27. The van der Waals surface area contributed by atoms with Gasteiger partial charge in [0.15, 0.2) is 0 Å². The predicted molar refractivity (Wildman–Crippen MR) is 102 cm³/mol. The first kappa shape index (κ1) is 17.7. The summed E-state index contributed by atoms with van der Waals surface area (Å²) in [6.07, 6.45) is 2.90. The van der Waals surface area contributed by atoms with Gasteiger partial charge in [-0.3, -0.25) is 4.79 Å². The van der Waals surface area contributed by atoms with Crippen LogP contribution in [-0.2, 0) is 17.8 Å². The Bertz CT molecular complexity index is 690. The Labute approximate surface area is 150 Å². The second kappa shape index (κ2) is 8.30. The highest BCUT2D eigenvalue weighted by molar-refractivity contribution is 5.79. The highest BCUT2D eigenvalue weighted by atomic mass is 16.2. The van der Waals surface area contributed by atoms with Gasteiger partial charge >= 0.3 is 0 Å². The summed E-state index contributed by atoms with van der Waals surface area (Å²) in [5, 5.41) is 0. The molecule has 3 nitrogen and oxygen atoms in total. The molecule has 3 heteroatoms. The number of nitrogens with zero attached hydrogens (tertiary/aromatic N) is 1. The average Bonchev–Trinajstić information content (AvgIpc) is 2.68.